The molecule has 0 saturated heterocycles. The molecule has 7 aromatic carbocycles. The molecule has 0 aliphatic heterocycles. The summed E-state index contributed by atoms with van der Waals surface area (Å²) in [7, 11) is 1.93. The van der Waals surface area contributed by atoms with Crippen LogP contribution in [0.4, 0.5) is 62.6 Å². The Balaban J connectivity index is 0.000000326. The molecule has 0 spiro atoms. The summed E-state index contributed by atoms with van der Waals surface area (Å²) in [5.41, 5.74) is 34.6. The molecule has 0 fully saturated rings. The van der Waals surface area contributed by atoms with Crippen LogP contribution in [-0.2, 0) is 51.9 Å². The van der Waals surface area contributed by atoms with Gasteiger partial charge < -0.3 is 91.7 Å². The second-order valence-corrected chi connectivity index (χ2v) is 34.7. The van der Waals surface area contributed by atoms with Gasteiger partial charge in [0.15, 0.2) is 24.2 Å². The number of amides is 10. The number of nitrogens with two attached hydrogens (primary N) is 5. The quantitative estimate of drug-likeness (QED) is 0.0109. The van der Waals surface area contributed by atoms with E-state index >= 15 is 0 Å². The highest BCUT2D eigenvalue weighted by molar-refractivity contribution is 6.08. The van der Waals surface area contributed by atoms with Crippen molar-refractivity contribution < 1.29 is 76.8 Å². The van der Waals surface area contributed by atoms with E-state index in [1.807, 2.05) is 77.7 Å². The number of carboxylic acid groups (broad SMARTS) is 1. The first-order valence-electron chi connectivity index (χ1n) is 39.9. The van der Waals surface area contributed by atoms with Gasteiger partial charge in [0.1, 0.15) is 18.6 Å². The minimum atomic E-state index is -1.20. The third-order valence-electron chi connectivity index (χ3n) is 17.5. The standard InChI is InChI=1S/C20H23N3O4.C20H23N3O3.C19H24N4O2.C19H29N3O3.C15H21N3O3/c1-20(2,3)19(27)22-15-10-13(9-14(21)11-15)17(24)23-16(18(25)26)12-7-5-4-6-8-12;1-12(24)13-5-7-16(8-6-13)22-18(25)14-9-15(21)11-17(10-14)23-19(26)20(2,3)4;1-19(2,3)18(25)22-16-10-14(9-15(20)11-16)17(24)21-12-13-5-7-23(4)8-6-13;1-13(23)8-6-5-7-9-21-17(24)14-10-15(20)12-16(11-14)22-18(25)19(2,3)4;1-9(19)8-17-13(20)10-5-11(16)7-12(6-10)18-14(21)15(2,3)4/h4-11,16H,21H2,1-3H3,(H,22,27)(H,23,24)(H,25,26);5-11H,21H2,1-4H3,(H,22,25)(H,23,26);5-11H,12,20H2,1-4H3,(H-,21,22,24,25);10-12H,5-9,20H2,1-4H3,(H,21,24)(H,22,25);5-7H,8,16H2,1-4H3,(H,17,20)(H,18,21)/p+1. The number of aliphatic carboxylic acids is 1. The van der Waals surface area contributed by atoms with Gasteiger partial charge in [0.05, 0.1) is 6.54 Å². The van der Waals surface area contributed by atoms with Crippen molar-refractivity contribution in [3.05, 3.63) is 215 Å². The number of nitrogens with one attached hydrogen (secondary N) is 10. The third-order valence-corrected chi connectivity index (χ3v) is 17.5. The van der Waals surface area contributed by atoms with E-state index in [0.29, 0.717) is 110 Å². The SMILES string of the molecule is CC(=O)CCCCCNC(=O)c1cc(N)cc(NC(=O)C(C)(C)C)c1.CC(=O)CNC(=O)c1cc(N)cc(NC(=O)C(C)(C)C)c1.CC(=O)c1ccc(NC(=O)c2cc(N)cc(NC(=O)C(C)(C)C)c2)cc1.CC(C)(C)C(=O)Nc1cc(N)cc(C(=O)NC(C(=O)O)c2ccccc2)c1.C[n+]1ccc(CNC(=O)c2cc(N)cc(NC(=O)C(C)(C)C)c2)cc1. The molecule has 662 valence electrons. The Morgan fingerprint density at radius 2 is 0.677 bits per heavy atom. The van der Waals surface area contributed by atoms with E-state index in [4.69, 9.17) is 28.7 Å². The molecular formula is C93H121N16O15+. The van der Waals surface area contributed by atoms with E-state index in [0.717, 1.165) is 24.8 Å². The molecule has 0 bridgehead atoms. The maximum atomic E-state index is 12.6. The summed E-state index contributed by atoms with van der Waals surface area (Å²) >= 11 is 0. The van der Waals surface area contributed by atoms with Gasteiger partial charge in [-0.25, -0.2) is 9.36 Å². The van der Waals surface area contributed by atoms with Crippen molar-refractivity contribution in [3.63, 3.8) is 0 Å². The van der Waals surface area contributed by atoms with Crippen LogP contribution in [0.1, 0.15) is 230 Å². The highest BCUT2D eigenvalue weighted by Crippen LogP contribution is 2.28. The Kier molecular flexibility index (Phi) is 38.0. The van der Waals surface area contributed by atoms with Gasteiger partial charge in [0, 0.05) is 155 Å². The summed E-state index contributed by atoms with van der Waals surface area (Å²) in [6.45, 7) is 32.3. The number of anilines is 11. The Hall–Kier alpha value is -14.1. The first kappa shape index (κ1) is 102. The number of carbonyl (C=O) groups is 14. The zero-order valence-electron chi connectivity index (χ0n) is 74.2. The van der Waals surface area contributed by atoms with Crippen LogP contribution in [0.2, 0.25) is 0 Å². The van der Waals surface area contributed by atoms with Gasteiger partial charge in [-0.3, -0.25) is 57.5 Å². The monoisotopic (exact) mass is 1700 g/mol. The number of rotatable bonds is 25. The molecular weight excluding hydrogens is 1580 g/mol. The van der Waals surface area contributed by atoms with Gasteiger partial charge in [-0.2, -0.15) is 0 Å². The predicted octanol–water partition coefficient (Wildman–Crippen LogP) is 13.2. The number of nitrogens with zero attached hydrogens (tertiary/aromatic N) is 1. The molecule has 1 heterocycles. The number of Topliss-reactive ketones (excluding diaryl/α,β-unsaturated/α-hetero) is 3. The number of benzene rings is 7. The minimum Gasteiger partial charge on any atom is -0.479 e. The molecule has 1 unspecified atom stereocenters. The molecule has 1 atom stereocenters. The fourth-order valence-electron chi connectivity index (χ4n) is 10.2. The fourth-order valence-corrected chi connectivity index (χ4v) is 10.2. The van der Waals surface area contributed by atoms with Crippen LogP contribution in [0.3, 0.4) is 0 Å². The molecule has 10 amide bonds. The third kappa shape index (κ3) is 36.8. The normalized spacial score (nSPS) is 11.2. The van der Waals surface area contributed by atoms with Gasteiger partial charge in [-0.1, -0.05) is 141 Å². The number of unbranched alkanes of at least 4 members (excludes halogenated alkanes) is 2. The van der Waals surface area contributed by atoms with Crippen molar-refractivity contribution in [3.8, 4) is 0 Å². The maximum absolute atomic E-state index is 12.6. The first-order chi connectivity index (χ1) is 57.5. The second kappa shape index (κ2) is 46.0. The van der Waals surface area contributed by atoms with E-state index in [1.165, 1.54) is 50.2 Å². The lowest BCUT2D eigenvalue weighted by molar-refractivity contribution is -0.671. The summed E-state index contributed by atoms with van der Waals surface area (Å²) in [6, 6.07) is 41.0. The van der Waals surface area contributed by atoms with Gasteiger partial charge in [-0.05, 0) is 160 Å². The first-order valence-corrected chi connectivity index (χ1v) is 39.9. The number of hydrogen-bond acceptors (Lipinski definition) is 19. The zero-order valence-corrected chi connectivity index (χ0v) is 74.2. The molecule has 1 aromatic heterocycles. The van der Waals surface area contributed by atoms with Gasteiger partial charge in [-0.15, -0.1) is 0 Å². The van der Waals surface area contributed by atoms with E-state index in [9.17, 15) is 72.2 Å². The van der Waals surface area contributed by atoms with Crippen LogP contribution in [0.25, 0.3) is 0 Å². The van der Waals surface area contributed by atoms with Crippen LogP contribution < -0.4 is 86.4 Å². The van der Waals surface area contributed by atoms with E-state index in [-0.39, 0.29) is 82.4 Å². The zero-order chi connectivity index (χ0) is 93.5. The predicted molar refractivity (Wildman–Crippen MR) is 487 cm³/mol. The van der Waals surface area contributed by atoms with Crippen LogP contribution >= 0.6 is 0 Å². The van der Waals surface area contributed by atoms with E-state index < -0.39 is 50.9 Å². The summed E-state index contributed by atoms with van der Waals surface area (Å²) in [4.78, 5) is 167. The van der Waals surface area contributed by atoms with Crippen molar-refractivity contribution in [1.29, 1.82) is 0 Å². The summed E-state index contributed by atoms with van der Waals surface area (Å²) in [5.74, 6) is -3.90. The summed E-state index contributed by atoms with van der Waals surface area (Å²) in [5, 5.41) is 36.6. The number of carbonyl (C=O) groups excluding carboxylic acids is 13. The van der Waals surface area contributed by atoms with Crippen LogP contribution in [0, 0.1) is 27.1 Å². The molecule has 31 heteroatoms. The second-order valence-electron chi connectivity index (χ2n) is 34.7. The van der Waals surface area contributed by atoms with Crippen molar-refractivity contribution in [1.82, 2.24) is 21.3 Å². The smallest absolute Gasteiger partial charge is 0.330 e. The average Bonchev–Trinajstić information content (AvgIpc) is 0.848. The van der Waals surface area contributed by atoms with Crippen LogP contribution in [0.5, 0.6) is 0 Å². The molecule has 0 aliphatic carbocycles. The molecule has 0 radical (unpaired) electrons. The minimum absolute atomic E-state index is 0.0436. The maximum Gasteiger partial charge on any atom is 0.330 e. The number of aryl methyl sites for hydroxylation is 1. The highest BCUT2D eigenvalue weighted by Gasteiger charge is 2.28. The van der Waals surface area contributed by atoms with Gasteiger partial charge in [0.2, 0.25) is 29.5 Å². The Morgan fingerprint density at radius 1 is 0.347 bits per heavy atom. The van der Waals surface area contributed by atoms with E-state index in [1.54, 1.807) is 178 Å². The largest absolute Gasteiger partial charge is 0.479 e. The summed E-state index contributed by atoms with van der Waals surface area (Å²) < 4.78 is 1.92. The van der Waals surface area contributed by atoms with Crippen LogP contribution in [0.15, 0.2) is 170 Å². The Morgan fingerprint density at radius 3 is 1.00 bits per heavy atom. The van der Waals surface area contributed by atoms with Gasteiger partial charge >= 0.3 is 5.97 Å². The summed E-state index contributed by atoms with van der Waals surface area (Å²) in [6.07, 6.45) is 6.97. The lowest BCUT2D eigenvalue weighted by atomic mass is 9.95. The molecule has 0 aliphatic rings. The number of pyridine rings is 1. The molecule has 21 N–H and O–H groups in total. The Bertz CT molecular complexity index is 5170. The van der Waals surface area contributed by atoms with E-state index in [2.05, 4.69) is 53.2 Å². The number of hydrogen-bond donors (Lipinski definition) is 16. The highest BCUT2D eigenvalue weighted by atomic mass is 16.4. The average molecular weight is 1700 g/mol. The molecule has 0 saturated carbocycles. The van der Waals surface area contributed by atoms with Crippen molar-refractivity contribution >= 4 is 145 Å². The molecule has 8 rings (SSSR count). The lowest BCUT2D eigenvalue weighted by Crippen LogP contribution is -2.34. The van der Waals surface area contributed by atoms with Crippen LogP contribution in [-0.4, -0.2) is 101 Å². The molecule has 31 nitrogen and oxygen atoms in total. The van der Waals surface area contributed by atoms with Crippen molar-refractivity contribution in [2.24, 2.45) is 34.1 Å². The Labute approximate surface area is 724 Å². The number of ketones is 3. The number of carboxylic acids is 1. The van der Waals surface area contributed by atoms with Gasteiger partial charge in [0.25, 0.3) is 29.5 Å². The topological polar surface area (TPSA) is 513 Å². The molecule has 8 aromatic rings. The lowest BCUT2D eigenvalue weighted by Gasteiger charge is -2.19. The number of nitrogen functional groups attached to an aromatic ring is 5. The van der Waals surface area contributed by atoms with Crippen molar-refractivity contribution in [2.45, 2.75) is 163 Å². The van der Waals surface area contributed by atoms with Crippen molar-refractivity contribution in [2.75, 3.05) is 73.7 Å². The molecule has 124 heavy (non-hydrogen) atoms. The number of aromatic nitrogens is 1. The fraction of sp³-hybridized carbons (Fsp3) is 0.344.